The average Bonchev–Trinajstić information content (AvgIpc) is 3.19. The number of nitrogen functional groups attached to an aromatic ring is 1. The first-order chi connectivity index (χ1) is 14.3. The summed E-state index contributed by atoms with van der Waals surface area (Å²) in [5, 5.41) is 8.86. The lowest BCUT2D eigenvalue weighted by Gasteiger charge is -2.35. The Bertz CT molecular complexity index is 1050. The maximum absolute atomic E-state index is 5.61. The molecule has 5 rings (SSSR count). The molecule has 7 nitrogen and oxygen atoms in total. The molecule has 0 saturated carbocycles. The normalized spacial score (nSPS) is 14.1. The second kappa shape index (κ2) is 7.44. The Balaban J connectivity index is 1.48. The maximum atomic E-state index is 5.61. The molecule has 3 heterocycles. The van der Waals surface area contributed by atoms with Crippen molar-refractivity contribution in [1.29, 1.82) is 0 Å². The van der Waals surface area contributed by atoms with E-state index in [1.54, 1.807) is 12.4 Å². The van der Waals surface area contributed by atoms with E-state index in [0.717, 1.165) is 36.8 Å². The summed E-state index contributed by atoms with van der Waals surface area (Å²) in [6.45, 7) is 2.41. The van der Waals surface area contributed by atoms with Gasteiger partial charge in [0.2, 0.25) is 5.95 Å². The predicted octanol–water partition coefficient (Wildman–Crippen LogP) is 2.92. The smallest absolute Gasteiger partial charge is 0.219 e. The zero-order chi connectivity index (χ0) is 19.6. The summed E-state index contributed by atoms with van der Waals surface area (Å²) in [5.41, 5.74) is 8.99. The zero-order valence-electron chi connectivity index (χ0n) is 15.9. The van der Waals surface area contributed by atoms with Crippen LogP contribution in [0.1, 0.15) is 23.0 Å². The maximum Gasteiger partial charge on any atom is 0.219 e. The first-order valence-corrected chi connectivity index (χ1v) is 9.63. The van der Waals surface area contributed by atoms with Crippen molar-refractivity contribution >= 4 is 5.95 Å². The van der Waals surface area contributed by atoms with Gasteiger partial charge in [-0.2, -0.15) is 0 Å². The fraction of sp³-hybridized carbons (Fsp3) is 0.182. The van der Waals surface area contributed by atoms with E-state index in [2.05, 4.69) is 90.3 Å². The van der Waals surface area contributed by atoms with Crippen LogP contribution in [0.4, 0.5) is 5.95 Å². The molecular formula is C22H21N7. The summed E-state index contributed by atoms with van der Waals surface area (Å²) in [5.74, 6) is 1.99. The molecular weight excluding hydrogens is 362 g/mol. The number of hydrogen-bond acceptors (Lipinski definition) is 6. The highest BCUT2D eigenvalue weighted by atomic mass is 15.3. The van der Waals surface area contributed by atoms with Crippen molar-refractivity contribution in [3.63, 3.8) is 0 Å². The van der Waals surface area contributed by atoms with E-state index in [-0.39, 0.29) is 12.0 Å². The molecule has 144 valence electrons. The van der Waals surface area contributed by atoms with E-state index in [0.29, 0.717) is 0 Å². The second-order valence-corrected chi connectivity index (χ2v) is 7.12. The average molecular weight is 383 g/mol. The molecule has 0 atom stereocenters. The Kier molecular flexibility index (Phi) is 4.50. The van der Waals surface area contributed by atoms with Gasteiger partial charge in [0.1, 0.15) is 5.82 Å². The van der Waals surface area contributed by atoms with Gasteiger partial charge in [-0.3, -0.25) is 4.90 Å². The van der Waals surface area contributed by atoms with Crippen LogP contribution in [0, 0.1) is 0 Å². The van der Waals surface area contributed by atoms with E-state index >= 15 is 0 Å². The van der Waals surface area contributed by atoms with Gasteiger partial charge in [0.05, 0.1) is 18.2 Å². The van der Waals surface area contributed by atoms with Crippen LogP contribution in [-0.4, -0.2) is 36.2 Å². The molecule has 0 amide bonds. The Labute approximate surface area is 168 Å². The molecule has 0 saturated heterocycles. The first kappa shape index (κ1) is 17.5. The summed E-state index contributed by atoms with van der Waals surface area (Å²) in [4.78, 5) is 10.6. The van der Waals surface area contributed by atoms with Crippen molar-refractivity contribution in [2.45, 2.75) is 19.1 Å². The zero-order valence-corrected chi connectivity index (χ0v) is 15.9. The monoisotopic (exact) mass is 383 g/mol. The van der Waals surface area contributed by atoms with E-state index in [9.17, 15) is 0 Å². The Morgan fingerprint density at radius 3 is 2.03 bits per heavy atom. The largest absolute Gasteiger partial charge is 0.368 e. The molecule has 0 spiro atoms. The lowest BCUT2D eigenvalue weighted by Crippen LogP contribution is -2.37. The van der Waals surface area contributed by atoms with Crippen molar-refractivity contribution in [3.05, 3.63) is 90.0 Å². The number of anilines is 1. The van der Waals surface area contributed by atoms with E-state index in [1.165, 1.54) is 11.1 Å². The standard InChI is InChI=1S/C22H21N7/c23-22-24-13-18(14-25-22)21-27-26-19-15-28(11-12-29(19)21)20(16-7-3-1-4-8-16)17-9-5-2-6-10-17/h1-10,13-14,20H,11-12,15H2,(H2,23,24,25). The van der Waals surface area contributed by atoms with E-state index in [4.69, 9.17) is 5.73 Å². The van der Waals surface area contributed by atoms with Crippen molar-refractivity contribution < 1.29 is 0 Å². The quantitative estimate of drug-likeness (QED) is 0.583. The lowest BCUT2D eigenvalue weighted by molar-refractivity contribution is 0.176. The highest BCUT2D eigenvalue weighted by molar-refractivity contribution is 5.53. The first-order valence-electron chi connectivity index (χ1n) is 9.63. The van der Waals surface area contributed by atoms with Gasteiger partial charge in [-0.15, -0.1) is 10.2 Å². The third-order valence-electron chi connectivity index (χ3n) is 5.31. The number of nitrogens with zero attached hydrogens (tertiary/aromatic N) is 6. The van der Waals surface area contributed by atoms with Gasteiger partial charge in [-0.1, -0.05) is 60.7 Å². The molecule has 2 aromatic heterocycles. The van der Waals surface area contributed by atoms with Crippen LogP contribution < -0.4 is 5.73 Å². The lowest BCUT2D eigenvalue weighted by atomic mass is 9.96. The van der Waals surface area contributed by atoms with Crippen molar-refractivity contribution in [2.24, 2.45) is 0 Å². The fourth-order valence-electron chi connectivity index (χ4n) is 3.95. The number of rotatable bonds is 4. The summed E-state index contributed by atoms with van der Waals surface area (Å²) >= 11 is 0. The molecule has 2 aromatic carbocycles. The topological polar surface area (TPSA) is 85.8 Å². The summed E-state index contributed by atoms with van der Waals surface area (Å²) < 4.78 is 2.15. The third kappa shape index (κ3) is 3.36. The van der Waals surface area contributed by atoms with Crippen molar-refractivity contribution in [3.8, 4) is 11.4 Å². The number of fused-ring (bicyclic) bond motifs is 1. The molecule has 0 aliphatic carbocycles. The third-order valence-corrected chi connectivity index (χ3v) is 5.31. The number of nitrogens with two attached hydrogens (primary N) is 1. The molecule has 1 aliphatic rings. The highest BCUT2D eigenvalue weighted by Crippen LogP contribution is 2.32. The van der Waals surface area contributed by atoms with E-state index in [1.807, 2.05) is 0 Å². The van der Waals surface area contributed by atoms with Crippen LogP contribution in [0.3, 0.4) is 0 Å². The number of aromatic nitrogens is 5. The Morgan fingerprint density at radius 1 is 0.793 bits per heavy atom. The molecule has 29 heavy (non-hydrogen) atoms. The minimum atomic E-state index is 0.172. The Morgan fingerprint density at radius 2 is 1.41 bits per heavy atom. The van der Waals surface area contributed by atoms with Crippen molar-refractivity contribution in [1.82, 2.24) is 29.6 Å². The van der Waals surface area contributed by atoms with Crippen LogP contribution in [0.5, 0.6) is 0 Å². The van der Waals surface area contributed by atoms with Gasteiger partial charge in [0, 0.05) is 25.5 Å². The summed E-state index contributed by atoms with van der Waals surface area (Å²) in [7, 11) is 0. The molecule has 7 heteroatoms. The number of benzene rings is 2. The SMILES string of the molecule is Nc1ncc(-c2nnc3n2CCN(C(c2ccccc2)c2ccccc2)C3)cn1. The van der Waals surface area contributed by atoms with Crippen LogP contribution in [-0.2, 0) is 13.1 Å². The summed E-state index contributed by atoms with van der Waals surface area (Å²) in [6.07, 6.45) is 3.39. The number of hydrogen-bond donors (Lipinski definition) is 1. The van der Waals surface area contributed by atoms with Gasteiger partial charge in [-0.05, 0) is 11.1 Å². The van der Waals surface area contributed by atoms with E-state index < -0.39 is 0 Å². The molecule has 1 aliphatic heterocycles. The van der Waals surface area contributed by atoms with Crippen LogP contribution >= 0.6 is 0 Å². The van der Waals surface area contributed by atoms with Crippen LogP contribution in [0.15, 0.2) is 73.1 Å². The molecule has 0 radical (unpaired) electrons. The highest BCUT2D eigenvalue weighted by Gasteiger charge is 2.29. The van der Waals surface area contributed by atoms with Crippen LogP contribution in [0.2, 0.25) is 0 Å². The Hall–Kier alpha value is -3.58. The van der Waals surface area contributed by atoms with Gasteiger partial charge in [-0.25, -0.2) is 9.97 Å². The molecule has 0 fully saturated rings. The summed E-state index contributed by atoms with van der Waals surface area (Å²) in [6, 6.07) is 21.4. The van der Waals surface area contributed by atoms with Gasteiger partial charge in [0.15, 0.2) is 5.82 Å². The fourth-order valence-corrected chi connectivity index (χ4v) is 3.95. The second-order valence-electron chi connectivity index (χ2n) is 7.12. The molecule has 0 unspecified atom stereocenters. The van der Waals surface area contributed by atoms with Gasteiger partial charge in [0.25, 0.3) is 0 Å². The van der Waals surface area contributed by atoms with Crippen LogP contribution in [0.25, 0.3) is 11.4 Å². The predicted molar refractivity (Wildman–Crippen MR) is 111 cm³/mol. The van der Waals surface area contributed by atoms with Gasteiger partial charge >= 0.3 is 0 Å². The molecule has 4 aromatic rings. The van der Waals surface area contributed by atoms with Crippen molar-refractivity contribution in [2.75, 3.05) is 12.3 Å². The minimum Gasteiger partial charge on any atom is -0.368 e. The minimum absolute atomic E-state index is 0.172. The van der Waals surface area contributed by atoms with Gasteiger partial charge < -0.3 is 10.3 Å². The molecule has 2 N–H and O–H groups in total. The molecule has 0 bridgehead atoms.